The molecule has 1 amide bonds. The second-order valence-electron chi connectivity index (χ2n) is 9.21. The van der Waals surface area contributed by atoms with E-state index in [0.29, 0.717) is 11.5 Å². The van der Waals surface area contributed by atoms with Crippen molar-refractivity contribution in [2.45, 2.75) is 38.1 Å². The first kappa shape index (κ1) is 20.7. The minimum absolute atomic E-state index is 0.133. The van der Waals surface area contributed by atoms with Gasteiger partial charge in [0.2, 0.25) is 5.91 Å². The molecule has 4 nitrogen and oxygen atoms in total. The zero-order valence-corrected chi connectivity index (χ0v) is 19.4. The molecule has 1 N–H and O–H groups in total. The van der Waals surface area contributed by atoms with E-state index in [1.165, 1.54) is 17.5 Å². The van der Waals surface area contributed by atoms with E-state index in [1.54, 1.807) is 17.4 Å². The lowest BCUT2D eigenvalue weighted by atomic mass is 9.78. The summed E-state index contributed by atoms with van der Waals surface area (Å²) in [4.78, 5) is 16.9. The molecule has 6 heteroatoms. The van der Waals surface area contributed by atoms with Gasteiger partial charge in [-0.05, 0) is 89.3 Å². The van der Waals surface area contributed by atoms with Crippen molar-refractivity contribution >= 4 is 40.7 Å². The van der Waals surface area contributed by atoms with Gasteiger partial charge in [-0.3, -0.25) is 4.79 Å². The average molecular weight is 452 g/mol. The molecular weight excluding hydrogens is 422 g/mol. The highest BCUT2D eigenvalue weighted by molar-refractivity contribution is 7.80. The quantitative estimate of drug-likeness (QED) is 0.563. The van der Waals surface area contributed by atoms with Crippen LogP contribution in [0.5, 0.6) is 0 Å². The van der Waals surface area contributed by atoms with Crippen molar-refractivity contribution in [1.29, 1.82) is 0 Å². The van der Waals surface area contributed by atoms with Crippen molar-refractivity contribution in [1.82, 2.24) is 15.1 Å². The van der Waals surface area contributed by atoms with E-state index < -0.39 is 0 Å². The van der Waals surface area contributed by atoms with Gasteiger partial charge in [0.1, 0.15) is 0 Å². The number of amides is 1. The third-order valence-corrected chi connectivity index (χ3v) is 8.28. The van der Waals surface area contributed by atoms with E-state index in [1.807, 2.05) is 22.4 Å². The maximum absolute atomic E-state index is 12.6. The minimum Gasteiger partial charge on any atom is -0.359 e. The first-order valence-corrected chi connectivity index (χ1v) is 12.6. The maximum Gasteiger partial charge on any atom is 0.246 e. The maximum atomic E-state index is 12.6. The summed E-state index contributed by atoms with van der Waals surface area (Å²) in [6, 6.07) is 11.2. The molecule has 1 aromatic heterocycles. The van der Waals surface area contributed by atoms with E-state index in [2.05, 4.69) is 39.9 Å². The second-order valence-corrected chi connectivity index (χ2v) is 10.4. The van der Waals surface area contributed by atoms with E-state index in [4.69, 9.17) is 12.2 Å². The number of benzene rings is 1. The van der Waals surface area contributed by atoms with Crippen LogP contribution < -0.4 is 5.32 Å². The third kappa shape index (κ3) is 4.55. The molecule has 0 atom stereocenters. The molecule has 0 saturated carbocycles. The second kappa shape index (κ2) is 8.75. The lowest BCUT2D eigenvalue weighted by molar-refractivity contribution is -0.128. The molecule has 2 fully saturated rings. The number of thiocarbonyl (C=S) groups is 1. The van der Waals surface area contributed by atoms with Gasteiger partial charge in [-0.25, -0.2) is 0 Å². The van der Waals surface area contributed by atoms with Gasteiger partial charge in [-0.1, -0.05) is 24.3 Å². The summed E-state index contributed by atoms with van der Waals surface area (Å²) >= 11 is 7.45. The van der Waals surface area contributed by atoms with E-state index >= 15 is 0 Å². The molecule has 1 spiro atoms. The van der Waals surface area contributed by atoms with Gasteiger partial charge < -0.3 is 15.1 Å². The number of hydrogen-bond donors (Lipinski definition) is 1. The van der Waals surface area contributed by atoms with Crippen LogP contribution in [-0.2, 0) is 17.6 Å². The monoisotopic (exact) mass is 451 g/mol. The summed E-state index contributed by atoms with van der Waals surface area (Å²) in [5, 5.41) is 8.63. The van der Waals surface area contributed by atoms with Crippen LogP contribution in [0, 0.1) is 5.41 Å². The van der Waals surface area contributed by atoms with Crippen molar-refractivity contribution in [2.75, 3.05) is 26.2 Å². The molecule has 2 saturated heterocycles. The van der Waals surface area contributed by atoms with E-state index in [0.717, 1.165) is 62.5 Å². The number of carbonyl (C=O) groups is 1. The Morgan fingerprint density at radius 3 is 2.39 bits per heavy atom. The van der Waals surface area contributed by atoms with Crippen molar-refractivity contribution in [3.8, 4) is 0 Å². The normalized spacial score (nSPS) is 20.5. The van der Waals surface area contributed by atoms with Gasteiger partial charge in [0.05, 0.1) is 0 Å². The summed E-state index contributed by atoms with van der Waals surface area (Å²) < 4.78 is 0. The van der Waals surface area contributed by atoms with E-state index in [9.17, 15) is 4.79 Å². The largest absolute Gasteiger partial charge is 0.359 e. The Bertz CT molecular complexity index is 951. The predicted octanol–water partition coefficient (Wildman–Crippen LogP) is 4.12. The number of fused-ring (bicyclic) bond motifs is 1. The van der Waals surface area contributed by atoms with Crippen LogP contribution in [0.1, 0.15) is 36.0 Å². The smallest absolute Gasteiger partial charge is 0.246 e. The minimum atomic E-state index is 0.133. The average Bonchev–Trinajstić information content (AvgIpc) is 3.52. The van der Waals surface area contributed by atoms with Gasteiger partial charge in [-0.2, -0.15) is 11.3 Å². The molecule has 2 aliphatic heterocycles. The third-order valence-electron chi connectivity index (χ3n) is 7.20. The zero-order chi connectivity index (χ0) is 21.3. The molecule has 162 valence electrons. The van der Waals surface area contributed by atoms with Crippen molar-refractivity contribution in [3.63, 3.8) is 0 Å². The number of carbonyl (C=O) groups excluding carboxylic acids is 1. The molecule has 1 aliphatic carbocycles. The number of likely N-dealkylation sites (tertiary alicyclic amines) is 2. The highest BCUT2D eigenvalue weighted by Gasteiger charge is 2.42. The van der Waals surface area contributed by atoms with Crippen LogP contribution >= 0.6 is 23.6 Å². The molecule has 0 bridgehead atoms. The van der Waals surface area contributed by atoms with Crippen LogP contribution in [0.3, 0.4) is 0 Å². The molecule has 31 heavy (non-hydrogen) atoms. The Labute approximate surface area is 193 Å². The first-order valence-electron chi connectivity index (χ1n) is 11.2. The van der Waals surface area contributed by atoms with Crippen LogP contribution in [0.25, 0.3) is 6.08 Å². The SMILES string of the molecule is O=C(C=Cc1ccsc1)N1CCC2(CC1)CCN(C(=S)NC1Cc3ccccc3C1)C2. The summed E-state index contributed by atoms with van der Waals surface area (Å²) in [5.74, 6) is 0.133. The first-order chi connectivity index (χ1) is 15.1. The van der Waals surface area contributed by atoms with Crippen molar-refractivity contribution < 1.29 is 4.79 Å². The van der Waals surface area contributed by atoms with Gasteiger partial charge in [0.15, 0.2) is 5.11 Å². The summed E-state index contributed by atoms with van der Waals surface area (Å²) in [6.07, 6.45) is 9.08. The highest BCUT2D eigenvalue weighted by atomic mass is 32.1. The molecule has 1 aromatic carbocycles. The Morgan fingerprint density at radius 1 is 1.06 bits per heavy atom. The topological polar surface area (TPSA) is 35.6 Å². The lowest BCUT2D eigenvalue weighted by Crippen LogP contribution is -2.47. The molecule has 3 aliphatic rings. The van der Waals surface area contributed by atoms with E-state index in [-0.39, 0.29) is 5.91 Å². The predicted molar refractivity (Wildman–Crippen MR) is 131 cm³/mol. The van der Waals surface area contributed by atoms with Gasteiger partial charge >= 0.3 is 0 Å². The summed E-state index contributed by atoms with van der Waals surface area (Å²) in [5.41, 5.74) is 4.30. The number of thiophene rings is 1. The highest BCUT2D eigenvalue weighted by Crippen LogP contribution is 2.40. The summed E-state index contributed by atoms with van der Waals surface area (Å²) in [7, 11) is 0. The fraction of sp³-hybridized carbons (Fsp3) is 0.440. The Morgan fingerprint density at radius 2 is 1.74 bits per heavy atom. The van der Waals surface area contributed by atoms with Crippen LogP contribution in [0.4, 0.5) is 0 Å². The van der Waals surface area contributed by atoms with Crippen LogP contribution in [-0.4, -0.2) is 53.0 Å². The fourth-order valence-corrected chi connectivity index (χ4v) is 6.24. The lowest BCUT2D eigenvalue weighted by Gasteiger charge is -2.39. The van der Waals surface area contributed by atoms with Crippen LogP contribution in [0.15, 0.2) is 47.2 Å². The van der Waals surface area contributed by atoms with Crippen LogP contribution in [0.2, 0.25) is 0 Å². The zero-order valence-electron chi connectivity index (χ0n) is 17.8. The number of nitrogens with zero attached hydrogens (tertiary/aromatic N) is 2. The fourth-order valence-electron chi connectivity index (χ4n) is 5.29. The summed E-state index contributed by atoms with van der Waals surface area (Å²) in [6.45, 7) is 3.74. The molecule has 0 unspecified atom stereocenters. The molecular formula is C25H29N3OS2. The van der Waals surface area contributed by atoms with Gasteiger partial charge in [-0.15, -0.1) is 0 Å². The van der Waals surface area contributed by atoms with Crippen molar-refractivity contribution in [2.24, 2.45) is 5.41 Å². The number of rotatable bonds is 3. The molecule has 0 radical (unpaired) electrons. The Kier molecular flexibility index (Phi) is 5.85. The Hall–Kier alpha value is -2.18. The van der Waals surface area contributed by atoms with Gasteiger partial charge in [0, 0.05) is 38.3 Å². The number of hydrogen-bond acceptors (Lipinski definition) is 3. The standard InChI is InChI=1S/C25H29N3OS2/c29-23(6-5-19-7-14-31-17-19)27-11-8-25(9-12-27)10-13-28(18-25)24(30)26-22-15-20-3-1-2-4-21(20)16-22/h1-7,14,17,22H,8-13,15-16,18H2,(H,26,30). The molecule has 3 heterocycles. The number of nitrogens with one attached hydrogen (secondary N) is 1. The molecule has 5 rings (SSSR count). The van der Waals surface area contributed by atoms with Crippen molar-refractivity contribution in [3.05, 3.63) is 63.9 Å². The number of piperidine rings is 1. The molecule has 2 aromatic rings. The van der Waals surface area contributed by atoms with Gasteiger partial charge in [0.25, 0.3) is 0 Å². The Balaban J connectivity index is 1.11.